The van der Waals surface area contributed by atoms with Gasteiger partial charge < -0.3 is 14.6 Å². The van der Waals surface area contributed by atoms with Gasteiger partial charge >= 0.3 is 0 Å². The maximum absolute atomic E-state index is 5.65. The quantitative estimate of drug-likeness (QED) is 0.792. The summed E-state index contributed by atoms with van der Waals surface area (Å²) in [6.45, 7) is 5.35. The van der Waals surface area contributed by atoms with E-state index >= 15 is 0 Å². The number of nitrogens with zero attached hydrogens (tertiary/aromatic N) is 3. The third kappa shape index (κ3) is 4.12. The van der Waals surface area contributed by atoms with Crippen molar-refractivity contribution in [3.05, 3.63) is 36.2 Å². The first-order valence-corrected chi connectivity index (χ1v) is 7.73. The van der Waals surface area contributed by atoms with Gasteiger partial charge in [0.1, 0.15) is 0 Å². The number of hydrogen-bond donors (Lipinski definition) is 1. The van der Waals surface area contributed by atoms with E-state index in [9.17, 15) is 0 Å². The molecule has 21 heavy (non-hydrogen) atoms. The summed E-state index contributed by atoms with van der Waals surface area (Å²) in [7, 11) is 0. The van der Waals surface area contributed by atoms with Gasteiger partial charge in [0, 0.05) is 5.56 Å². The minimum Gasteiger partial charge on any atom is -0.419 e. The Morgan fingerprint density at radius 1 is 1.10 bits per heavy atom. The molecule has 0 unspecified atom stereocenters. The normalized spacial score (nSPS) is 15.6. The van der Waals surface area contributed by atoms with Crippen LogP contribution in [0.1, 0.15) is 25.2 Å². The maximum Gasteiger partial charge on any atom is 0.247 e. The first-order valence-electron chi connectivity index (χ1n) is 7.73. The third-order valence-electron chi connectivity index (χ3n) is 3.79. The zero-order chi connectivity index (χ0) is 14.3. The summed E-state index contributed by atoms with van der Waals surface area (Å²) in [5.41, 5.74) is 0.963. The second kappa shape index (κ2) is 7.33. The second-order valence-electron chi connectivity index (χ2n) is 5.45. The highest BCUT2D eigenvalue weighted by molar-refractivity contribution is 5.51. The zero-order valence-corrected chi connectivity index (χ0v) is 12.3. The smallest absolute Gasteiger partial charge is 0.247 e. The van der Waals surface area contributed by atoms with E-state index in [4.69, 9.17) is 4.42 Å². The highest BCUT2D eigenvalue weighted by Crippen LogP contribution is 2.16. The topological polar surface area (TPSA) is 54.2 Å². The van der Waals surface area contributed by atoms with Crippen LogP contribution in [0.15, 0.2) is 34.7 Å². The van der Waals surface area contributed by atoms with Gasteiger partial charge in [-0.1, -0.05) is 18.2 Å². The van der Waals surface area contributed by atoms with E-state index < -0.39 is 0 Å². The Morgan fingerprint density at radius 2 is 1.90 bits per heavy atom. The van der Waals surface area contributed by atoms with Gasteiger partial charge in [-0.2, -0.15) is 0 Å². The molecule has 3 rings (SSSR count). The number of likely N-dealkylation sites (tertiary alicyclic amines) is 1. The van der Waals surface area contributed by atoms with Crippen LogP contribution in [0.2, 0.25) is 0 Å². The molecule has 2 heterocycles. The summed E-state index contributed by atoms with van der Waals surface area (Å²) in [5, 5.41) is 11.5. The number of rotatable bonds is 7. The molecule has 1 aromatic carbocycles. The van der Waals surface area contributed by atoms with Crippen LogP contribution in [0.3, 0.4) is 0 Å². The summed E-state index contributed by atoms with van der Waals surface area (Å²) < 4.78 is 5.65. The second-order valence-corrected chi connectivity index (χ2v) is 5.45. The molecule has 1 aromatic heterocycles. The van der Waals surface area contributed by atoms with Crippen molar-refractivity contribution in [1.82, 2.24) is 20.4 Å². The van der Waals surface area contributed by atoms with Crippen molar-refractivity contribution < 1.29 is 4.42 Å². The van der Waals surface area contributed by atoms with Crippen molar-refractivity contribution in [3.63, 3.8) is 0 Å². The van der Waals surface area contributed by atoms with Crippen molar-refractivity contribution in [2.24, 2.45) is 0 Å². The van der Waals surface area contributed by atoms with E-state index in [0.717, 1.165) is 12.1 Å². The van der Waals surface area contributed by atoms with Crippen molar-refractivity contribution in [1.29, 1.82) is 0 Å². The molecule has 1 saturated heterocycles. The highest BCUT2D eigenvalue weighted by atomic mass is 16.4. The van der Waals surface area contributed by atoms with Crippen molar-refractivity contribution in [2.45, 2.75) is 25.8 Å². The van der Waals surface area contributed by atoms with Crippen molar-refractivity contribution >= 4 is 0 Å². The lowest BCUT2D eigenvalue weighted by Gasteiger charge is -2.13. The summed E-state index contributed by atoms with van der Waals surface area (Å²) >= 11 is 0. The molecule has 5 nitrogen and oxygen atoms in total. The van der Waals surface area contributed by atoms with Gasteiger partial charge in [-0.25, -0.2) is 0 Å². The molecule has 0 amide bonds. The molecule has 0 spiro atoms. The van der Waals surface area contributed by atoms with Crippen LogP contribution >= 0.6 is 0 Å². The predicted molar refractivity (Wildman–Crippen MR) is 81.7 cm³/mol. The van der Waals surface area contributed by atoms with Crippen LogP contribution in [0.25, 0.3) is 11.5 Å². The molecule has 0 saturated carbocycles. The van der Waals surface area contributed by atoms with E-state index in [-0.39, 0.29) is 0 Å². The fraction of sp³-hybridized carbons (Fsp3) is 0.500. The van der Waals surface area contributed by atoms with E-state index in [1.165, 1.54) is 38.9 Å². The summed E-state index contributed by atoms with van der Waals surface area (Å²) in [5.74, 6) is 1.24. The molecule has 112 valence electrons. The lowest BCUT2D eigenvalue weighted by atomic mass is 10.2. The van der Waals surface area contributed by atoms with Gasteiger partial charge in [0.05, 0.1) is 6.54 Å². The Labute approximate surface area is 125 Å². The van der Waals surface area contributed by atoms with Crippen molar-refractivity contribution in [2.75, 3.05) is 26.2 Å². The Morgan fingerprint density at radius 3 is 2.71 bits per heavy atom. The molecule has 0 atom stereocenters. The molecule has 1 aliphatic heterocycles. The Bertz CT molecular complexity index is 534. The predicted octanol–water partition coefficient (Wildman–Crippen LogP) is 2.31. The van der Waals surface area contributed by atoms with Crippen LogP contribution < -0.4 is 5.32 Å². The standard InChI is InChI=1S/C16H22N4O/c1-2-7-14(8-3-1)16-19-18-15(21-16)13-17-9-6-12-20-10-4-5-11-20/h1-3,7-8,17H,4-6,9-13H2. The molecule has 2 aromatic rings. The van der Waals surface area contributed by atoms with Crippen LogP contribution in [0, 0.1) is 0 Å². The lowest BCUT2D eigenvalue weighted by Crippen LogP contribution is -2.24. The van der Waals surface area contributed by atoms with Gasteiger partial charge in [0.2, 0.25) is 11.8 Å². The monoisotopic (exact) mass is 286 g/mol. The minimum absolute atomic E-state index is 0.587. The van der Waals surface area contributed by atoms with Gasteiger partial charge in [0.15, 0.2) is 0 Å². The summed E-state index contributed by atoms with van der Waals surface area (Å²) in [6.07, 6.45) is 3.88. The van der Waals surface area contributed by atoms with E-state index in [1.807, 2.05) is 30.3 Å². The molecule has 0 aliphatic carbocycles. The molecule has 0 radical (unpaired) electrons. The third-order valence-corrected chi connectivity index (χ3v) is 3.79. The summed E-state index contributed by atoms with van der Waals surface area (Å²) in [4.78, 5) is 2.53. The molecule has 1 aliphatic rings. The molecule has 1 fully saturated rings. The molecule has 1 N–H and O–H groups in total. The fourth-order valence-electron chi connectivity index (χ4n) is 2.65. The van der Waals surface area contributed by atoms with Gasteiger partial charge in [-0.3, -0.25) is 0 Å². The minimum atomic E-state index is 0.587. The van der Waals surface area contributed by atoms with Gasteiger partial charge in [0.25, 0.3) is 0 Å². The number of hydrogen-bond acceptors (Lipinski definition) is 5. The molecular formula is C16H22N4O. The van der Waals surface area contributed by atoms with E-state index in [1.54, 1.807) is 0 Å². The SMILES string of the molecule is c1ccc(-c2nnc(CNCCCN3CCCC3)o2)cc1. The summed E-state index contributed by atoms with van der Waals surface area (Å²) in [6, 6.07) is 9.86. The zero-order valence-electron chi connectivity index (χ0n) is 12.3. The van der Waals surface area contributed by atoms with Crippen LogP contribution in [0.4, 0.5) is 0 Å². The largest absolute Gasteiger partial charge is 0.419 e. The number of nitrogens with one attached hydrogen (secondary N) is 1. The number of aromatic nitrogens is 2. The van der Waals surface area contributed by atoms with Crippen LogP contribution in [-0.2, 0) is 6.54 Å². The highest BCUT2D eigenvalue weighted by Gasteiger charge is 2.10. The van der Waals surface area contributed by atoms with Crippen LogP contribution in [0.5, 0.6) is 0 Å². The molecule has 0 bridgehead atoms. The maximum atomic E-state index is 5.65. The first kappa shape index (κ1) is 14.2. The van der Waals surface area contributed by atoms with Crippen LogP contribution in [-0.4, -0.2) is 41.3 Å². The molecular weight excluding hydrogens is 264 g/mol. The fourth-order valence-corrected chi connectivity index (χ4v) is 2.65. The van der Waals surface area contributed by atoms with Gasteiger partial charge in [-0.05, 0) is 57.6 Å². The first-order chi connectivity index (χ1) is 10.4. The lowest BCUT2D eigenvalue weighted by molar-refractivity contribution is 0.329. The van der Waals surface area contributed by atoms with E-state index in [0.29, 0.717) is 18.3 Å². The van der Waals surface area contributed by atoms with E-state index in [2.05, 4.69) is 20.4 Å². The average molecular weight is 286 g/mol. The van der Waals surface area contributed by atoms with Gasteiger partial charge in [-0.15, -0.1) is 10.2 Å². The Balaban J connectivity index is 1.39. The Hall–Kier alpha value is -1.72. The average Bonchev–Trinajstić information content (AvgIpc) is 3.19. The van der Waals surface area contributed by atoms with Crippen molar-refractivity contribution in [3.8, 4) is 11.5 Å². The Kier molecular flexibility index (Phi) is 4.97. The molecule has 5 heteroatoms. The number of benzene rings is 1.